The summed E-state index contributed by atoms with van der Waals surface area (Å²) in [4.78, 5) is 0. The van der Waals surface area contributed by atoms with E-state index in [-0.39, 0.29) is 0 Å². The lowest BCUT2D eigenvalue weighted by atomic mass is 10.1. The van der Waals surface area contributed by atoms with Gasteiger partial charge in [0, 0.05) is 10.8 Å². The molecule has 0 amide bonds. The summed E-state index contributed by atoms with van der Waals surface area (Å²) in [6, 6.07) is 10.1. The van der Waals surface area contributed by atoms with Gasteiger partial charge in [-0.05, 0) is 18.6 Å². The minimum atomic E-state index is 0.880. The zero-order valence-electron chi connectivity index (χ0n) is 9.20. The van der Waals surface area contributed by atoms with Crippen molar-refractivity contribution in [3.63, 3.8) is 0 Å². The van der Waals surface area contributed by atoms with Crippen molar-refractivity contribution in [1.82, 2.24) is 0 Å². The van der Waals surface area contributed by atoms with Gasteiger partial charge in [0.1, 0.15) is 11.5 Å². The Balaban J connectivity index is 2.82. The molecule has 2 aromatic carbocycles. The van der Waals surface area contributed by atoms with Crippen LogP contribution in [0.15, 0.2) is 30.3 Å². The van der Waals surface area contributed by atoms with E-state index in [0.29, 0.717) is 0 Å². The van der Waals surface area contributed by atoms with E-state index in [1.54, 1.807) is 14.2 Å². The standard InChI is InChI=1S/C13H14O2/c1-9-7-8-10-11(13(9)15-3)5-4-6-12(10)14-2/h4-8H,1-3H3. The molecule has 15 heavy (non-hydrogen) atoms. The quantitative estimate of drug-likeness (QED) is 0.744. The first-order valence-corrected chi connectivity index (χ1v) is 4.88. The molecular weight excluding hydrogens is 188 g/mol. The minimum absolute atomic E-state index is 0.880. The summed E-state index contributed by atoms with van der Waals surface area (Å²) in [5.41, 5.74) is 1.14. The van der Waals surface area contributed by atoms with Crippen LogP contribution in [0.4, 0.5) is 0 Å². The second-order valence-corrected chi connectivity index (χ2v) is 3.47. The molecule has 0 aromatic heterocycles. The maximum Gasteiger partial charge on any atom is 0.129 e. The number of aryl methyl sites for hydroxylation is 1. The number of benzene rings is 2. The van der Waals surface area contributed by atoms with Crippen LogP contribution in [0.5, 0.6) is 11.5 Å². The summed E-state index contributed by atoms with van der Waals surface area (Å²) in [5.74, 6) is 1.80. The Morgan fingerprint density at radius 2 is 1.67 bits per heavy atom. The van der Waals surface area contributed by atoms with Crippen LogP contribution in [0.3, 0.4) is 0 Å². The average Bonchev–Trinajstić information content (AvgIpc) is 2.28. The van der Waals surface area contributed by atoms with Crippen molar-refractivity contribution in [2.45, 2.75) is 6.92 Å². The van der Waals surface area contributed by atoms with Crippen LogP contribution >= 0.6 is 0 Å². The van der Waals surface area contributed by atoms with Crippen molar-refractivity contribution in [3.05, 3.63) is 35.9 Å². The van der Waals surface area contributed by atoms with Gasteiger partial charge in [-0.25, -0.2) is 0 Å². The zero-order valence-corrected chi connectivity index (χ0v) is 9.20. The molecule has 0 N–H and O–H groups in total. The smallest absolute Gasteiger partial charge is 0.129 e. The Morgan fingerprint density at radius 3 is 2.33 bits per heavy atom. The van der Waals surface area contributed by atoms with Crippen molar-refractivity contribution >= 4 is 10.8 Å². The predicted octanol–water partition coefficient (Wildman–Crippen LogP) is 3.17. The van der Waals surface area contributed by atoms with E-state index in [4.69, 9.17) is 9.47 Å². The third kappa shape index (κ3) is 1.52. The Bertz CT molecular complexity index is 489. The molecule has 2 heteroatoms. The van der Waals surface area contributed by atoms with Crippen molar-refractivity contribution in [3.8, 4) is 11.5 Å². The van der Waals surface area contributed by atoms with Gasteiger partial charge in [0.2, 0.25) is 0 Å². The third-order valence-corrected chi connectivity index (χ3v) is 2.59. The lowest BCUT2D eigenvalue weighted by Crippen LogP contribution is -1.90. The van der Waals surface area contributed by atoms with E-state index >= 15 is 0 Å². The Kier molecular flexibility index (Phi) is 2.50. The Hall–Kier alpha value is -1.70. The lowest BCUT2D eigenvalue weighted by molar-refractivity contribution is 0.413. The fourth-order valence-electron chi connectivity index (χ4n) is 1.86. The molecule has 2 nitrogen and oxygen atoms in total. The molecule has 0 aliphatic carbocycles. The van der Waals surface area contributed by atoms with Gasteiger partial charge >= 0.3 is 0 Å². The second-order valence-electron chi connectivity index (χ2n) is 3.47. The molecule has 0 saturated carbocycles. The average molecular weight is 202 g/mol. The van der Waals surface area contributed by atoms with Crippen LogP contribution in [0.1, 0.15) is 5.56 Å². The van der Waals surface area contributed by atoms with Gasteiger partial charge in [-0.2, -0.15) is 0 Å². The van der Waals surface area contributed by atoms with Crippen molar-refractivity contribution in [2.75, 3.05) is 14.2 Å². The molecule has 0 spiro atoms. The number of rotatable bonds is 2. The van der Waals surface area contributed by atoms with Crippen molar-refractivity contribution in [1.29, 1.82) is 0 Å². The first-order chi connectivity index (χ1) is 7.27. The van der Waals surface area contributed by atoms with Crippen LogP contribution in [0.2, 0.25) is 0 Å². The molecule has 0 aliphatic rings. The predicted molar refractivity (Wildman–Crippen MR) is 61.8 cm³/mol. The first kappa shape index (κ1) is 9.84. The summed E-state index contributed by atoms with van der Waals surface area (Å²) in [7, 11) is 3.38. The van der Waals surface area contributed by atoms with E-state index in [1.807, 2.05) is 31.2 Å². The summed E-state index contributed by atoms with van der Waals surface area (Å²) in [6.07, 6.45) is 0. The summed E-state index contributed by atoms with van der Waals surface area (Å²) >= 11 is 0. The summed E-state index contributed by atoms with van der Waals surface area (Å²) in [5, 5.41) is 2.18. The number of hydrogen-bond donors (Lipinski definition) is 0. The molecular formula is C13H14O2. The lowest BCUT2D eigenvalue weighted by Gasteiger charge is -2.11. The van der Waals surface area contributed by atoms with Gasteiger partial charge in [0.25, 0.3) is 0 Å². The largest absolute Gasteiger partial charge is 0.496 e. The molecule has 0 fully saturated rings. The minimum Gasteiger partial charge on any atom is -0.496 e. The van der Waals surface area contributed by atoms with Crippen molar-refractivity contribution in [2.24, 2.45) is 0 Å². The third-order valence-electron chi connectivity index (χ3n) is 2.59. The van der Waals surface area contributed by atoms with E-state index < -0.39 is 0 Å². The summed E-state index contributed by atoms with van der Waals surface area (Å²) < 4.78 is 10.7. The molecule has 0 atom stereocenters. The van der Waals surface area contributed by atoms with Gasteiger partial charge in [-0.3, -0.25) is 0 Å². The van der Waals surface area contributed by atoms with Crippen LogP contribution in [-0.4, -0.2) is 14.2 Å². The first-order valence-electron chi connectivity index (χ1n) is 4.88. The molecule has 0 radical (unpaired) electrons. The van der Waals surface area contributed by atoms with Gasteiger partial charge in [-0.1, -0.05) is 24.3 Å². The molecule has 0 bridgehead atoms. The SMILES string of the molecule is COc1cccc2c(OC)c(C)ccc12. The maximum absolute atomic E-state index is 5.40. The monoisotopic (exact) mass is 202 g/mol. The Labute approximate surface area is 89.4 Å². The molecule has 0 heterocycles. The molecule has 0 aliphatic heterocycles. The second kappa shape index (κ2) is 3.81. The highest BCUT2D eigenvalue weighted by molar-refractivity contribution is 5.94. The fourth-order valence-corrected chi connectivity index (χ4v) is 1.86. The van der Waals surface area contributed by atoms with E-state index in [0.717, 1.165) is 27.8 Å². The van der Waals surface area contributed by atoms with E-state index in [1.165, 1.54) is 0 Å². The van der Waals surface area contributed by atoms with Gasteiger partial charge in [-0.15, -0.1) is 0 Å². The highest BCUT2D eigenvalue weighted by Crippen LogP contribution is 2.34. The highest BCUT2D eigenvalue weighted by atomic mass is 16.5. The van der Waals surface area contributed by atoms with Crippen LogP contribution in [0, 0.1) is 6.92 Å². The molecule has 0 saturated heterocycles. The fraction of sp³-hybridized carbons (Fsp3) is 0.231. The molecule has 78 valence electrons. The van der Waals surface area contributed by atoms with Crippen LogP contribution in [0.25, 0.3) is 10.8 Å². The number of ether oxygens (including phenoxy) is 2. The van der Waals surface area contributed by atoms with E-state index in [9.17, 15) is 0 Å². The topological polar surface area (TPSA) is 18.5 Å². The van der Waals surface area contributed by atoms with E-state index in [2.05, 4.69) is 6.07 Å². The van der Waals surface area contributed by atoms with Crippen LogP contribution in [-0.2, 0) is 0 Å². The van der Waals surface area contributed by atoms with Gasteiger partial charge in [0.05, 0.1) is 14.2 Å². The number of methoxy groups -OCH3 is 2. The molecule has 2 aromatic rings. The molecule has 2 rings (SSSR count). The zero-order chi connectivity index (χ0) is 10.8. The van der Waals surface area contributed by atoms with Gasteiger partial charge < -0.3 is 9.47 Å². The number of fused-ring (bicyclic) bond motifs is 1. The van der Waals surface area contributed by atoms with Crippen molar-refractivity contribution < 1.29 is 9.47 Å². The maximum atomic E-state index is 5.40. The van der Waals surface area contributed by atoms with Crippen LogP contribution < -0.4 is 9.47 Å². The number of hydrogen-bond acceptors (Lipinski definition) is 2. The highest BCUT2D eigenvalue weighted by Gasteiger charge is 2.07. The Morgan fingerprint density at radius 1 is 0.867 bits per heavy atom. The molecule has 0 unspecified atom stereocenters. The summed E-state index contributed by atoms with van der Waals surface area (Å²) in [6.45, 7) is 2.04. The van der Waals surface area contributed by atoms with Gasteiger partial charge in [0.15, 0.2) is 0 Å². The normalized spacial score (nSPS) is 10.3.